The van der Waals surface area contributed by atoms with Crippen LogP contribution in [0.3, 0.4) is 0 Å². The molecule has 2 aromatic rings. The quantitative estimate of drug-likeness (QED) is 0.831. The summed E-state index contributed by atoms with van der Waals surface area (Å²) >= 11 is 3.21. The summed E-state index contributed by atoms with van der Waals surface area (Å²) in [6, 6.07) is 10.5. The Bertz CT molecular complexity index is 615. The third-order valence-electron chi connectivity index (χ3n) is 2.60. The van der Waals surface area contributed by atoms with Crippen LogP contribution in [0.5, 0.6) is 11.5 Å². The monoisotopic (exact) mass is 361 g/mol. The van der Waals surface area contributed by atoms with Gasteiger partial charge in [0.1, 0.15) is 11.5 Å². The number of nitrogens with one attached hydrogen (secondary N) is 1. The van der Waals surface area contributed by atoms with Crippen LogP contribution in [0, 0.1) is 0 Å². The van der Waals surface area contributed by atoms with E-state index in [1.165, 1.54) is 24.3 Å². The molecule has 0 aliphatic rings. The smallest absolute Gasteiger partial charge is 0.507 e. The van der Waals surface area contributed by atoms with Gasteiger partial charge in [0, 0.05) is 12.2 Å². The van der Waals surface area contributed by atoms with Gasteiger partial charge >= 0.3 is 6.36 Å². The molecule has 21 heavy (non-hydrogen) atoms. The molecule has 0 unspecified atom stereocenters. The van der Waals surface area contributed by atoms with Gasteiger partial charge in [0.25, 0.3) is 0 Å². The molecule has 0 aromatic heterocycles. The predicted octanol–water partition coefficient (Wildman–Crippen LogP) is 4.67. The van der Waals surface area contributed by atoms with Gasteiger partial charge in [-0.25, -0.2) is 0 Å². The van der Waals surface area contributed by atoms with Crippen LogP contribution in [0.25, 0.3) is 0 Å². The molecule has 3 nitrogen and oxygen atoms in total. The summed E-state index contributed by atoms with van der Waals surface area (Å²) in [5.74, 6) is -0.118. The van der Waals surface area contributed by atoms with E-state index in [-0.39, 0.29) is 11.5 Å². The fraction of sp³-hybridized carbons (Fsp3) is 0.143. The number of halogens is 4. The van der Waals surface area contributed by atoms with Gasteiger partial charge in [0.15, 0.2) is 0 Å². The van der Waals surface area contributed by atoms with Gasteiger partial charge in [-0.15, -0.1) is 13.2 Å². The normalized spacial score (nSPS) is 11.2. The summed E-state index contributed by atoms with van der Waals surface area (Å²) < 4.78 is 40.4. The van der Waals surface area contributed by atoms with E-state index in [0.29, 0.717) is 16.7 Å². The van der Waals surface area contributed by atoms with Gasteiger partial charge < -0.3 is 15.2 Å². The van der Waals surface area contributed by atoms with Crippen molar-refractivity contribution in [3.63, 3.8) is 0 Å². The maximum absolute atomic E-state index is 12.0. The van der Waals surface area contributed by atoms with Gasteiger partial charge in [-0.05, 0) is 57.9 Å². The van der Waals surface area contributed by atoms with E-state index < -0.39 is 6.36 Å². The molecule has 0 saturated carbocycles. The van der Waals surface area contributed by atoms with E-state index in [2.05, 4.69) is 26.0 Å². The van der Waals surface area contributed by atoms with Crippen LogP contribution >= 0.6 is 15.9 Å². The lowest BCUT2D eigenvalue weighted by molar-refractivity contribution is -0.274. The van der Waals surface area contributed by atoms with Crippen LogP contribution in [0.15, 0.2) is 46.9 Å². The molecule has 0 saturated heterocycles. The van der Waals surface area contributed by atoms with Gasteiger partial charge in [0.2, 0.25) is 0 Å². The molecular weight excluding hydrogens is 351 g/mol. The van der Waals surface area contributed by atoms with Crippen LogP contribution in [-0.4, -0.2) is 11.5 Å². The Hall–Kier alpha value is -1.89. The number of phenolic OH excluding ortho intramolecular Hbond substituents is 1. The first-order valence-corrected chi connectivity index (χ1v) is 6.70. The van der Waals surface area contributed by atoms with Crippen LogP contribution in [0.2, 0.25) is 0 Å². The van der Waals surface area contributed by atoms with Gasteiger partial charge in [-0.2, -0.15) is 0 Å². The number of phenols is 1. The van der Waals surface area contributed by atoms with Crippen LogP contribution in [0.1, 0.15) is 5.56 Å². The van der Waals surface area contributed by atoms with Crippen molar-refractivity contribution in [2.75, 3.05) is 5.32 Å². The maximum atomic E-state index is 12.0. The standard InChI is InChI=1S/C14H11BrF3NO2/c15-12-7-9(1-6-13(12)20)8-19-10-2-4-11(5-3-10)21-14(16,17)18/h1-7,19-20H,8H2. The summed E-state index contributed by atoms with van der Waals surface area (Å²) in [4.78, 5) is 0. The number of hydrogen-bond acceptors (Lipinski definition) is 3. The van der Waals surface area contributed by atoms with Crippen molar-refractivity contribution in [1.29, 1.82) is 0 Å². The SMILES string of the molecule is Oc1ccc(CNc2ccc(OC(F)(F)F)cc2)cc1Br. The topological polar surface area (TPSA) is 41.5 Å². The van der Waals surface area contributed by atoms with E-state index in [9.17, 15) is 18.3 Å². The first-order chi connectivity index (χ1) is 9.83. The molecular formula is C14H11BrF3NO2. The number of rotatable bonds is 4. The zero-order valence-corrected chi connectivity index (χ0v) is 12.2. The highest BCUT2D eigenvalue weighted by atomic mass is 79.9. The minimum absolute atomic E-state index is 0.146. The Morgan fingerprint density at radius 1 is 1.10 bits per heavy atom. The van der Waals surface area contributed by atoms with E-state index >= 15 is 0 Å². The van der Waals surface area contributed by atoms with E-state index in [1.807, 2.05) is 0 Å². The van der Waals surface area contributed by atoms with Crippen LogP contribution in [0.4, 0.5) is 18.9 Å². The zero-order valence-electron chi connectivity index (χ0n) is 10.6. The second-order valence-corrected chi connectivity index (χ2v) is 5.07. The molecule has 0 atom stereocenters. The number of hydrogen-bond donors (Lipinski definition) is 2. The van der Waals surface area contributed by atoms with E-state index in [0.717, 1.165) is 5.56 Å². The second kappa shape index (κ2) is 6.26. The third kappa shape index (κ3) is 4.86. The lowest BCUT2D eigenvalue weighted by Gasteiger charge is -2.10. The summed E-state index contributed by atoms with van der Waals surface area (Å²) in [5, 5.41) is 12.4. The van der Waals surface area contributed by atoms with Crippen LogP contribution in [-0.2, 0) is 6.54 Å². The second-order valence-electron chi connectivity index (χ2n) is 4.21. The summed E-state index contributed by atoms with van der Waals surface area (Å²) in [7, 11) is 0. The van der Waals surface area contributed by atoms with Gasteiger partial charge in [0.05, 0.1) is 4.47 Å². The Morgan fingerprint density at radius 2 is 1.76 bits per heavy atom. The lowest BCUT2D eigenvalue weighted by atomic mass is 10.2. The Morgan fingerprint density at radius 3 is 2.33 bits per heavy atom. The Balaban J connectivity index is 1.96. The average molecular weight is 362 g/mol. The van der Waals surface area contributed by atoms with E-state index in [4.69, 9.17) is 0 Å². The van der Waals surface area contributed by atoms with Crippen molar-refractivity contribution in [2.24, 2.45) is 0 Å². The first-order valence-electron chi connectivity index (χ1n) is 5.90. The molecule has 0 fully saturated rings. The molecule has 7 heteroatoms. The Labute approximate surface area is 127 Å². The molecule has 2 N–H and O–H groups in total. The maximum Gasteiger partial charge on any atom is 0.573 e. The fourth-order valence-electron chi connectivity index (χ4n) is 1.64. The predicted molar refractivity (Wildman–Crippen MR) is 76.3 cm³/mol. The molecule has 0 amide bonds. The van der Waals surface area contributed by atoms with Crippen LogP contribution < -0.4 is 10.1 Å². The van der Waals surface area contributed by atoms with Crippen molar-refractivity contribution in [3.05, 3.63) is 52.5 Å². The fourth-order valence-corrected chi connectivity index (χ4v) is 2.07. The highest BCUT2D eigenvalue weighted by molar-refractivity contribution is 9.10. The molecule has 2 aromatic carbocycles. The van der Waals surface area contributed by atoms with Crippen molar-refractivity contribution in [3.8, 4) is 11.5 Å². The Kier molecular flexibility index (Phi) is 4.62. The molecule has 2 rings (SSSR count). The van der Waals surface area contributed by atoms with Crippen molar-refractivity contribution < 1.29 is 23.0 Å². The largest absolute Gasteiger partial charge is 0.573 e. The number of alkyl halides is 3. The zero-order chi connectivity index (χ0) is 15.5. The van der Waals surface area contributed by atoms with E-state index in [1.54, 1.807) is 18.2 Å². The summed E-state index contributed by atoms with van der Waals surface area (Å²) in [6.45, 7) is 0.471. The van der Waals surface area contributed by atoms with Crippen molar-refractivity contribution >= 4 is 21.6 Å². The highest BCUT2D eigenvalue weighted by Crippen LogP contribution is 2.26. The summed E-state index contributed by atoms with van der Waals surface area (Å²) in [6.07, 6.45) is -4.69. The lowest BCUT2D eigenvalue weighted by Crippen LogP contribution is -2.17. The summed E-state index contributed by atoms with van der Waals surface area (Å²) in [5.41, 5.74) is 1.57. The number of benzene rings is 2. The third-order valence-corrected chi connectivity index (χ3v) is 3.23. The molecule has 0 heterocycles. The first kappa shape index (κ1) is 15.5. The molecule has 112 valence electrons. The highest BCUT2D eigenvalue weighted by Gasteiger charge is 2.30. The minimum Gasteiger partial charge on any atom is -0.507 e. The minimum atomic E-state index is -4.69. The number of anilines is 1. The average Bonchev–Trinajstić information content (AvgIpc) is 2.40. The van der Waals surface area contributed by atoms with Crippen molar-refractivity contribution in [2.45, 2.75) is 12.9 Å². The molecule has 0 aliphatic carbocycles. The number of ether oxygens (including phenoxy) is 1. The van der Waals surface area contributed by atoms with Gasteiger partial charge in [-0.1, -0.05) is 6.07 Å². The molecule has 0 spiro atoms. The molecule has 0 radical (unpaired) electrons. The van der Waals surface area contributed by atoms with Gasteiger partial charge in [-0.3, -0.25) is 0 Å². The molecule has 0 bridgehead atoms. The molecule has 0 aliphatic heterocycles. The number of aromatic hydroxyl groups is 1. The van der Waals surface area contributed by atoms with Crippen molar-refractivity contribution in [1.82, 2.24) is 0 Å².